The van der Waals surface area contributed by atoms with E-state index >= 15 is 0 Å². The topological polar surface area (TPSA) is 83.8 Å². The average molecular weight is 389 g/mol. The molecule has 1 saturated heterocycles. The van der Waals surface area contributed by atoms with Gasteiger partial charge in [-0.3, -0.25) is 14.5 Å². The summed E-state index contributed by atoms with van der Waals surface area (Å²) in [7, 11) is 0. The maximum Gasteiger partial charge on any atom is 0.251 e. The molecule has 7 nitrogen and oxygen atoms in total. The number of benzene rings is 1. The highest BCUT2D eigenvalue weighted by molar-refractivity contribution is 5.96. The molecule has 2 amide bonds. The number of carbonyl (C=O) groups is 2. The molecule has 1 atom stereocenters. The zero-order chi connectivity index (χ0) is 19.9. The van der Waals surface area contributed by atoms with E-state index in [9.17, 15) is 14.0 Å². The van der Waals surface area contributed by atoms with Gasteiger partial charge >= 0.3 is 0 Å². The van der Waals surface area contributed by atoms with Crippen molar-refractivity contribution in [1.29, 1.82) is 0 Å². The zero-order valence-electron chi connectivity index (χ0n) is 15.7. The number of furan rings is 1. The highest BCUT2D eigenvalue weighted by Crippen LogP contribution is 2.23. The molecule has 1 aliphatic rings. The summed E-state index contributed by atoms with van der Waals surface area (Å²) in [5.41, 5.74) is 0.298. The van der Waals surface area contributed by atoms with Gasteiger partial charge in [0.2, 0.25) is 5.91 Å². The third-order valence-corrected chi connectivity index (χ3v) is 4.58. The van der Waals surface area contributed by atoms with Crippen LogP contribution in [0.2, 0.25) is 0 Å². The molecule has 2 N–H and O–H groups in total. The van der Waals surface area contributed by atoms with Crippen LogP contribution < -0.4 is 10.6 Å². The predicted molar refractivity (Wildman–Crippen MR) is 100 cm³/mol. The normalized spacial score (nSPS) is 15.8. The monoisotopic (exact) mass is 389 g/mol. The number of aryl methyl sites for hydroxylation is 1. The van der Waals surface area contributed by atoms with Crippen molar-refractivity contribution in [3.05, 3.63) is 59.3 Å². The molecule has 1 fully saturated rings. The number of nitrogens with zero attached hydrogens (tertiary/aromatic N) is 1. The lowest BCUT2D eigenvalue weighted by Gasteiger charge is -2.33. The number of carbonyl (C=O) groups excluding carboxylic acids is 2. The second kappa shape index (κ2) is 9.48. The first-order valence-electron chi connectivity index (χ1n) is 9.21. The Morgan fingerprint density at radius 2 is 1.82 bits per heavy atom. The third-order valence-electron chi connectivity index (χ3n) is 4.58. The number of nitrogens with one attached hydrogen (secondary N) is 2. The number of hydrogen-bond donors (Lipinski definition) is 2. The highest BCUT2D eigenvalue weighted by atomic mass is 19.1. The molecular formula is C20H24FN3O4. The fourth-order valence-electron chi connectivity index (χ4n) is 3.07. The Hall–Kier alpha value is -2.71. The highest BCUT2D eigenvalue weighted by Gasteiger charge is 2.25. The molecular weight excluding hydrogens is 365 g/mol. The van der Waals surface area contributed by atoms with E-state index in [0.29, 0.717) is 25.3 Å². The van der Waals surface area contributed by atoms with Gasteiger partial charge in [-0.15, -0.1) is 0 Å². The quantitative estimate of drug-likeness (QED) is 0.752. The summed E-state index contributed by atoms with van der Waals surface area (Å²) in [5, 5.41) is 5.38. The first kappa shape index (κ1) is 20.0. The fraction of sp³-hybridized carbons (Fsp3) is 0.400. The average Bonchev–Trinajstić information content (AvgIpc) is 3.13. The van der Waals surface area contributed by atoms with E-state index in [1.807, 2.05) is 19.1 Å². The van der Waals surface area contributed by atoms with Gasteiger partial charge < -0.3 is 19.8 Å². The van der Waals surface area contributed by atoms with E-state index in [4.69, 9.17) is 9.15 Å². The Balaban J connectivity index is 1.52. The first-order valence-corrected chi connectivity index (χ1v) is 9.21. The molecule has 2 aromatic rings. The van der Waals surface area contributed by atoms with Crippen LogP contribution in [0.5, 0.6) is 0 Å². The van der Waals surface area contributed by atoms with Crippen LogP contribution in [0.15, 0.2) is 40.8 Å². The number of hydrogen-bond acceptors (Lipinski definition) is 5. The lowest BCUT2D eigenvalue weighted by Crippen LogP contribution is -2.45. The number of morpholine rings is 1. The van der Waals surface area contributed by atoms with E-state index in [1.54, 1.807) is 0 Å². The number of halogens is 1. The van der Waals surface area contributed by atoms with Crippen LogP contribution in [0.25, 0.3) is 0 Å². The van der Waals surface area contributed by atoms with Gasteiger partial charge in [-0.2, -0.15) is 0 Å². The Bertz CT molecular complexity index is 800. The summed E-state index contributed by atoms with van der Waals surface area (Å²) in [4.78, 5) is 26.4. The zero-order valence-corrected chi connectivity index (χ0v) is 15.7. The second-order valence-corrected chi connectivity index (χ2v) is 6.61. The molecule has 1 unspecified atom stereocenters. The van der Waals surface area contributed by atoms with Gasteiger partial charge in [0, 0.05) is 25.2 Å². The third kappa shape index (κ3) is 5.40. The standard InChI is InChI=1S/C20H24FN3O4/c1-14-2-7-18(28-14)17(24-8-10-27-11-9-24)12-22-19(25)13-23-20(26)15-3-5-16(21)6-4-15/h2-7,17H,8-13H2,1H3,(H,22,25)(H,23,26). The Labute approximate surface area is 162 Å². The molecule has 0 bridgehead atoms. The number of amides is 2. The lowest BCUT2D eigenvalue weighted by atomic mass is 10.1. The van der Waals surface area contributed by atoms with Gasteiger partial charge in [-0.25, -0.2) is 4.39 Å². The summed E-state index contributed by atoms with van der Waals surface area (Å²) in [6.45, 7) is 4.85. The maximum atomic E-state index is 12.9. The van der Waals surface area contributed by atoms with E-state index in [-0.39, 0.29) is 18.5 Å². The van der Waals surface area contributed by atoms with Gasteiger partial charge in [-0.1, -0.05) is 0 Å². The van der Waals surface area contributed by atoms with Gasteiger partial charge in [0.05, 0.1) is 25.8 Å². The van der Waals surface area contributed by atoms with Crippen molar-refractivity contribution in [2.45, 2.75) is 13.0 Å². The molecule has 28 heavy (non-hydrogen) atoms. The van der Waals surface area contributed by atoms with Crippen molar-refractivity contribution >= 4 is 11.8 Å². The van der Waals surface area contributed by atoms with Crippen LogP contribution in [0, 0.1) is 12.7 Å². The lowest BCUT2D eigenvalue weighted by molar-refractivity contribution is -0.120. The van der Waals surface area contributed by atoms with Crippen LogP contribution in [0.3, 0.4) is 0 Å². The van der Waals surface area contributed by atoms with E-state index < -0.39 is 11.7 Å². The summed E-state index contributed by atoms with van der Waals surface area (Å²) < 4.78 is 24.1. The first-order chi connectivity index (χ1) is 13.5. The molecule has 0 spiro atoms. The molecule has 0 aliphatic carbocycles. The minimum absolute atomic E-state index is 0.102. The molecule has 1 aliphatic heterocycles. The number of ether oxygens (including phenoxy) is 1. The second-order valence-electron chi connectivity index (χ2n) is 6.61. The van der Waals surface area contributed by atoms with Crippen LogP contribution in [-0.4, -0.2) is 56.1 Å². The molecule has 0 saturated carbocycles. The molecule has 1 aromatic heterocycles. The number of rotatable bonds is 7. The summed E-state index contributed by atoms with van der Waals surface area (Å²) in [6, 6.07) is 8.85. The van der Waals surface area contributed by atoms with Gasteiger partial charge in [-0.05, 0) is 43.3 Å². The van der Waals surface area contributed by atoms with E-state index in [0.717, 1.165) is 24.6 Å². The van der Waals surface area contributed by atoms with Crippen molar-refractivity contribution in [1.82, 2.24) is 15.5 Å². The van der Waals surface area contributed by atoms with Crippen molar-refractivity contribution in [3.8, 4) is 0 Å². The summed E-state index contributed by atoms with van der Waals surface area (Å²) in [5.74, 6) is 0.441. The Morgan fingerprint density at radius 1 is 1.11 bits per heavy atom. The molecule has 0 radical (unpaired) electrons. The van der Waals surface area contributed by atoms with E-state index in [1.165, 1.54) is 24.3 Å². The van der Waals surface area contributed by atoms with Crippen molar-refractivity contribution in [2.75, 3.05) is 39.4 Å². The summed E-state index contributed by atoms with van der Waals surface area (Å²) in [6.07, 6.45) is 0. The van der Waals surface area contributed by atoms with Crippen molar-refractivity contribution in [2.24, 2.45) is 0 Å². The smallest absolute Gasteiger partial charge is 0.251 e. The summed E-state index contributed by atoms with van der Waals surface area (Å²) >= 11 is 0. The largest absolute Gasteiger partial charge is 0.465 e. The van der Waals surface area contributed by atoms with Crippen LogP contribution >= 0.6 is 0 Å². The van der Waals surface area contributed by atoms with Crippen molar-refractivity contribution < 1.29 is 23.1 Å². The van der Waals surface area contributed by atoms with Crippen LogP contribution in [-0.2, 0) is 9.53 Å². The Morgan fingerprint density at radius 3 is 2.46 bits per heavy atom. The van der Waals surface area contributed by atoms with E-state index in [2.05, 4.69) is 15.5 Å². The SMILES string of the molecule is Cc1ccc(C(CNC(=O)CNC(=O)c2ccc(F)cc2)N2CCOCC2)o1. The van der Waals surface area contributed by atoms with Crippen LogP contribution in [0.4, 0.5) is 4.39 Å². The minimum Gasteiger partial charge on any atom is -0.465 e. The van der Waals surface area contributed by atoms with Gasteiger partial charge in [0.25, 0.3) is 5.91 Å². The Kier molecular flexibility index (Phi) is 6.78. The van der Waals surface area contributed by atoms with Crippen LogP contribution in [0.1, 0.15) is 27.9 Å². The van der Waals surface area contributed by atoms with Gasteiger partial charge in [0.1, 0.15) is 17.3 Å². The predicted octanol–water partition coefficient (Wildman–Crippen LogP) is 1.65. The minimum atomic E-state index is -0.429. The molecule has 3 rings (SSSR count). The maximum absolute atomic E-state index is 12.9. The fourth-order valence-corrected chi connectivity index (χ4v) is 3.07. The molecule has 8 heteroatoms. The molecule has 150 valence electrons. The molecule has 2 heterocycles. The van der Waals surface area contributed by atoms with Crippen molar-refractivity contribution in [3.63, 3.8) is 0 Å². The van der Waals surface area contributed by atoms with Gasteiger partial charge in [0.15, 0.2) is 0 Å². The molecule has 1 aromatic carbocycles.